The van der Waals surface area contributed by atoms with Gasteiger partial charge >= 0.3 is 0 Å². The Bertz CT molecular complexity index is 1360. The first-order chi connectivity index (χ1) is 15.8. The third-order valence-electron chi connectivity index (χ3n) is 5.15. The summed E-state index contributed by atoms with van der Waals surface area (Å²) in [6.45, 7) is 0.422. The largest absolute Gasteiger partial charge is 0.487 e. The molecule has 0 amide bonds. The number of tetrazole rings is 1. The van der Waals surface area contributed by atoms with Crippen LogP contribution in [-0.4, -0.2) is 25.6 Å². The lowest BCUT2D eigenvalue weighted by molar-refractivity contribution is 0.302. The van der Waals surface area contributed by atoms with Crippen molar-refractivity contribution in [2.45, 2.75) is 13.0 Å². The molecule has 0 unspecified atom stereocenters. The number of hydrogen-bond donors (Lipinski definition) is 1. The van der Waals surface area contributed by atoms with Gasteiger partial charge in [0.25, 0.3) is 0 Å². The van der Waals surface area contributed by atoms with Crippen LogP contribution in [0.2, 0.25) is 0 Å². The number of nitrogens with one attached hydrogen (secondary N) is 1. The van der Waals surface area contributed by atoms with Gasteiger partial charge in [-0.15, -0.1) is 10.2 Å². The van der Waals surface area contributed by atoms with Crippen LogP contribution >= 0.6 is 0 Å². The zero-order valence-electron chi connectivity index (χ0n) is 17.3. The zero-order valence-corrected chi connectivity index (χ0v) is 17.3. The zero-order chi connectivity index (χ0) is 21.6. The number of aromatic nitrogens is 5. The van der Waals surface area contributed by atoms with Crippen molar-refractivity contribution in [3.8, 4) is 5.75 Å². The first-order valence-corrected chi connectivity index (χ1v) is 10.4. The highest BCUT2D eigenvalue weighted by molar-refractivity contribution is 5.78. The molecule has 0 spiro atoms. The number of aromatic amines is 1. The molecule has 156 valence electrons. The van der Waals surface area contributed by atoms with Crippen molar-refractivity contribution in [1.29, 1.82) is 0 Å². The van der Waals surface area contributed by atoms with Crippen LogP contribution in [0.4, 0.5) is 0 Å². The Labute approximate surface area is 185 Å². The fourth-order valence-electron chi connectivity index (χ4n) is 3.53. The number of pyridine rings is 1. The molecule has 0 saturated carbocycles. The standard InChI is InChI=1S/C26H21N5O/c1-2-9-22(17-26-28-30-31-29-26)20(7-1)13-12-19-6-5-10-24(16-19)32-18-23-15-14-21-8-3-4-11-25(21)27-23/h1-16H,17-18H2,(H,28,29,30,31). The van der Waals surface area contributed by atoms with Gasteiger partial charge in [0.2, 0.25) is 0 Å². The Hall–Kier alpha value is -4.32. The van der Waals surface area contributed by atoms with Crippen molar-refractivity contribution in [1.82, 2.24) is 25.6 Å². The van der Waals surface area contributed by atoms with Gasteiger partial charge in [-0.3, -0.25) is 0 Å². The highest BCUT2D eigenvalue weighted by atomic mass is 16.5. The first kappa shape index (κ1) is 19.6. The van der Waals surface area contributed by atoms with E-state index in [1.165, 1.54) is 0 Å². The van der Waals surface area contributed by atoms with Gasteiger partial charge in [-0.05, 0) is 41.0 Å². The number of hydrogen-bond acceptors (Lipinski definition) is 5. The highest BCUT2D eigenvalue weighted by Crippen LogP contribution is 2.20. The Morgan fingerprint density at radius 1 is 0.844 bits per heavy atom. The molecule has 0 aliphatic heterocycles. The molecule has 0 aliphatic carbocycles. The number of rotatable bonds is 7. The number of para-hydroxylation sites is 1. The van der Waals surface area contributed by atoms with Gasteiger partial charge in [0.15, 0.2) is 5.82 Å². The monoisotopic (exact) mass is 419 g/mol. The minimum atomic E-state index is 0.422. The topological polar surface area (TPSA) is 76.6 Å². The molecule has 0 atom stereocenters. The fourth-order valence-corrected chi connectivity index (χ4v) is 3.53. The Morgan fingerprint density at radius 3 is 2.69 bits per heavy atom. The molecule has 1 N–H and O–H groups in total. The number of fused-ring (bicyclic) bond motifs is 1. The van der Waals surface area contributed by atoms with E-state index in [0.29, 0.717) is 18.9 Å². The van der Waals surface area contributed by atoms with E-state index >= 15 is 0 Å². The minimum Gasteiger partial charge on any atom is -0.487 e. The third kappa shape index (κ3) is 4.70. The van der Waals surface area contributed by atoms with Gasteiger partial charge in [0.1, 0.15) is 12.4 Å². The van der Waals surface area contributed by atoms with Gasteiger partial charge in [-0.1, -0.05) is 78.0 Å². The number of H-pyrrole nitrogens is 1. The maximum atomic E-state index is 6.00. The number of ether oxygens (including phenoxy) is 1. The van der Waals surface area contributed by atoms with Gasteiger partial charge in [-0.2, -0.15) is 5.21 Å². The predicted molar refractivity (Wildman–Crippen MR) is 125 cm³/mol. The lowest BCUT2D eigenvalue weighted by Crippen LogP contribution is -1.98. The molecule has 0 aliphatic rings. The van der Waals surface area contributed by atoms with Crippen LogP contribution in [0.25, 0.3) is 23.1 Å². The molecular weight excluding hydrogens is 398 g/mol. The summed E-state index contributed by atoms with van der Waals surface area (Å²) < 4.78 is 6.00. The van der Waals surface area contributed by atoms with E-state index in [9.17, 15) is 0 Å². The lowest BCUT2D eigenvalue weighted by Gasteiger charge is -2.08. The van der Waals surface area contributed by atoms with Crippen LogP contribution in [0.3, 0.4) is 0 Å². The molecule has 5 rings (SSSR count). The molecule has 32 heavy (non-hydrogen) atoms. The number of benzene rings is 3. The molecule has 5 aromatic rings. The van der Waals surface area contributed by atoms with Gasteiger partial charge in [-0.25, -0.2) is 4.98 Å². The summed E-state index contributed by atoms with van der Waals surface area (Å²) in [6, 6.07) is 28.4. The summed E-state index contributed by atoms with van der Waals surface area (Å²) in [6.07, 6.45) is 4.80. The maximum absolute atomic E-state index is 6.00. The lowest BCUT2D eigenvalue weighted by atomic mass is 10.0. The molecule has 2 aromatic heterocycles. The van der Waals surface area contributed by atoms with Crippen molar-refractivity contribution >= 4 is 23.1 Å². The van der Waals surface area contributed by atoms with Crippen LogP contribution in [0, 0.1) is 0 Å². The molecule has 6 nitrogen and oxygen atoms in total. The molecule has 0 bridgehead atoms. The van der Waals surface area contributed by atoms with E-state index in [1.807, 2.05) is 54.6 Å². The second-order valence-corrected chi connectivity index (χ2v) is 7.39. The highest BCUT2D eigenvalue weighted by Gasteiger charge is 2.05. The molecule has 0 saturated heterocycles. The second-order valence-electron chi connectivity index (χ2n) is 7.39. The SMILES string of the molecule is C(=Cc1ccccc1Cc1nn[nH]n1)c1cccc(OCc2ccc3ccccc3n2)c1. The third-order valence-corrected chi connectivity index (χ3v) is 5.15. The average Bonchev–Trinajstić information content (AvgIpc) is 3.35. The first-order valence-electron chi connectivity index (χ1n) is 10.4. The Kier molecular flexibility index (Phi) is 5.66. The summed E-state index contributed by atoms with van der Waals surface area (Å²) in [7, 11) is 0. The van der Waals surface area contributed by atoms with Crippen LogP contribution in [-0.2, 0) is 13.0 Å². The average molecular weight is 419 g/mol. The van der Waals surface area contributed by atoms with Crippen molar-refractivity contribution in [2.75, 3.05) is 0 Å². The van der Waals surface area contributed by atoms with Crippen molar-refractivity contribution in [3.63, 3.8) is 0 Å². The van der Waals surface area contributed by atoms with E-state index in [-0.39, 0.29) is 0 Å². The van der Waals surface area contributed by atoms with Crippen LogP contribution in [0.15, 0.2) is 84.9 Å². The maximum Gasteiger partial charge on any atom is 0.178 e. The van der Waals surface area contributed by atoms with Crippen LogP contribution in [0.5, 0.6) is 5.75 Å². The van der Waals surface area contributed by atoms with Crippen LogP contribution < -0.4 is 4.74 Å². The van der Waals surface area contributed by atoms with Gasteiger partial charge in [0.05, 0.1) is 11.2 Å². The normalized spacial score (nSPS) is 11.2. The summed E-state index contributed by atoms with van der Waals surface area (Å²) in [5.74, 6) is 1.48. The fraction of sp³-hybridized carbons (Fsp3) is 0.0769. The molecular formula is C26H21N5O. The van der Waals surface area contributed by atoms with Crippen molar-refractivity contribution < 1.29 is 4.74 Å². The van der Waals surface area contributed by atoms with E-state index in [2.05, 4.69) is 68.1 Å². The quantitative estimate of drug-likeness (QED) is 0.372. The smallest absolute Gasteiger partial charge is 0.178 e. The Morgan fingerprint density at radius 2 is 1.75 bits per heavy atom. The molecule has 3 aromatic carbocycles. The van der Waals surface area contributed by atoms with Crippen molar-refractivity contribution in [3.05, 3.63) is 113 Å². The van der Waals surface area contributed by atoms with E-state index < -0.39 is 0 Å². The predicted octanol–water partition coefficient (Wildman–Crippen LogP) is 5.09. The Balaban J connectivity index is 1.28. The summed E-state index contributed by atoms with van der Waals surface area (Å²) in [5, 5.41) is 15.4. The second kappa shape index (κ2) is 9.22. The summed E-state index contributed by atoms with van der Waals surface area (Å²) >= 11 is 0. The summed E-state index contributed by atoms with van der Waals surface area (Å²) in [4.78, 5) is 4.67. The van der Waals surface area contributed by atoms with E-state index in [4.69, 9.17) is 4.74 Å². The van der Waals surface area contributed by atoms with E-state index in [0.717, 1.165) is 39.0 Å². The van der Waals surface area contributed by atoms with Gasteiger partial charge in [0, 0.05) is 11.8 Å². The molecule has 0 fully saturated rings. The van der Waals surface area contributed by atoms with Crippen molar-refractivity contribution in [2.24, 2.45) is 0 Å². The molecule has 0 radical (unpaired) electrons. The summed E-state index contributed by atoms with van der Waals surface area (Å²) in [5.41, 5.74) is 5.19. The molecule has 2 heterocycles. The molecule has 6 heteroatoms. The van der Waals surface area contributed by atoms with Gasteiger partial charge < -0.3 is 4.74 Å². The minimum absolute atomic E-state index is 0.422. The van der Waals surface area contributed by atoms with E-state index in [1.54, 1.807) is 0 Å². The number of nitrogens with zero attached hydrogens (tertiary/aromatic N) is 4. The van der Waals surface area contributed by atoms with Crippen LogP contribution in [0.1, 0.15) is 28.2 Å².